The summed E-state index contributed by atoms with van der Waals surface area (Å²) in [5.41, 5.74) is 0.994. The van der Waals surface area contributed by atoms with E-state index in [1.54, 1.807) is 13.8 Å². The lowest BCUT2D eigenvalue weighted by atomic mass is 10.2. The van der Waals surface area contributed by atoms with Crippen molar-refractivity contribution in [1.82, 2.24) is 0 Å². The molecule has 8 heteroatoms. The van der Waals surface area contributed by atoms with Crippen LogP contribution in [-0.4, -0.2) is 22.7 Å². The van der Waals surface area contributed by atoms with Crippen LogP contribution < -0.4 is 4.74 Å². The van der Waals surface area contributed by atoms with E-state index in [4.69, 9.17) is 9.47 Å². The van der Waals surface area contributed by atoms with Crippen LogP contribution in [0.1, 0.15) is 19.4 Å². The largest absolute Gasteiger partial charge is 0.465 e. The highest BCUT2D eigenvalue weighted by Crippen LogP contribution is 2.36. The molecule has 0 aliphatic heterocycles. The second kappa shape index (κ2) is 9.05. The van der Waals surface area contributed by atoms with E-state index in [1.165, 1.54) is 30.0 Å². The molecule has 0 spiro atoms. The van der Waals surface area contributed by atoms with Crippen LogP contribution in [0.4, 0.5) is 5.69 Å². The standard InChI is InChI=1S/C18H18BrNO5S/c1-4-24-18(21)12(3)26-17-10-14(7-5-11(17)2)25-16-8-6-13(20(22)23)9-15(16)19/h5-10,12H,4H2,1-3H3. The topological polar surface area (TPSA) is 78.7 Å². The highest BCUT2D eigenvalue weighted by Gasteiger charge is 2.17. The average molecular weight is 440 g/mol. The maximum atomic E-state index is 11.8. The van der Waals surface area contributed by atoms with Gasteiger partial charge in [0.15, 0.2) is 0 Å². The lowest BCUT2D eigenvalue weighted by molar-refractivity contribution is -0.384. The van der Waals surface area contributed by atoms with Crippen molar-refractivity contribution in [1.29, 1.82) is 0 Å². The molecule has 6 nitrogen and oxygen atoms in total. The number of carbonyl (C=O) groups excluding carboxylic acids is 1. The van der Waals surface area contributed by atoms with Crippen LogP contribution in [0.2, 0.25) is 0 Å². The Morgan fingerprint density at radius 1 is 1.31 bits per heavy atom. The Balaban J connectivity index is 2.19. The van der Waals surface area contributed by atoms with Gasteiger partial charge in [0.1, 0.15) is 16.7 Å². The van der Waals surface area contributed by atoms with E-state index in [-0.39, 0.29) is 16.9 Å². The maximum absolute atomic E-state index is 11.8. The van der Waals surface area contributed by atoms with Gasteiger partial charge in [-0.05, 0) is 60.5 Å². The molecule has 26 heavy (non-hydrogen) atoms. The smallest absolute Gasteiger partial charge is 0.319 e. The van der Waals surface area contributed by atoms with Gasteiger partial charge in [-0.3, -0.25) is 14.9 Å². The second-order valence-corrected chi connectivity index (χ2v) is 7.65. The molecule has 0 bridgehead atoms. The fraction of sp³-hybridized carbons (Fsp3) is 0.278. The van der Waals surface area contributed by atoms with Crippen molar-refractivity contribution >= 4 is 39.3 Å². The summed E-state index contributed by atoms with van der Waals surface area (Å²) in [6, 6.07) is 9.85. The molecule has 0 radical (unpaired) electrons. The number of hydrogen-bond donors (Lipinski definition) is 0. The predicted molar refractivity (Wildman–Crippen MR) is 104 cm³/mol. The van der Waals surface area contributed by atoms with E-state index in [0.29, 0.717) is 22.6 Å². The zero-order valence-corrected chi connectivity index (χ0v) is 16.9. The van der Waals surface area contributed by atoms with Crippen LogP contribution in [0.25, 0.3) is 0 Å². The molecule has 0 N–H and O–H groups in total. The zero-order valence-electron chi connectivity index (χ0n) is 14.5. The zero-order chi connectivity index (χ0) is 19.3. The van der Waals surface area contributed by atoms with Gasteiger partial charge in [-0.1, -0.05) is 6.07 Å². The first-order chi connectivity index (χ1) is 12.3. The van der Waals surface area contributed by atoms with Crippen LogP contribution >= 0.6 is 27.7 Å². The van der Waals surface area contributed by atoms with E-state index in [0.717, 1.165) is 10.5 Å². The van der Waals surface area contributed by atoms with Gasteiger partial charge in [-0.2, -0.15) is 0 Å². The van der Waals surface area contributed by atoms with Gasteiger partial charge in [-0.25, -0.2) is 0 Å². The Morgan fingerprint density at radius 3 is 2.65 bits per heavy atom. The first kappa shape index (κ1) is 20.3. The number of halogens is 1. The molecule has 1 atom stereocenters. The number of benzene rings is 2. The number of thioether (sulfide) groups is 1. The molecular formula is C18H18BrNO5S. The van der Waals surface area contributed by atoms with Gasteiger partial charge in [0.25, 0.3) is 5.69 Å². The van der Waals surface area contributed by atoms with Gasteiger partial charge in [0, 0.05) is 17.0 Å². The molecule has 0 fully saturated rings. The highest BCUT2D eigenvalue weighted by atomic mass is 79.9. The molecule has 0 aromatic heterocycles. The Labute approximate surface area is 164 Å². The summed E-state index contributed by atoms with van der Waals surface area (Å²) in [7, 11) is 0. The van der Waals surface area contributed by atoms with Crippen LogP contribution in [-0.2, 0) is 9.53 Å². The first-order valence-electron chi connectivity index (χ1n) is 7.87. The SMILES string of the molecule is CCOC(=O)C(C)Sc1cc(Oc2ccc([N+](=O)[O-])cc2Br)ccc1C. The fourth-order valence-corrected chi connectivity index (χ4v) is 3.51. The quantitative estimate of drug-likeness (QED) is 0.245. The molecule has 138 valence electrons. The molecule has 0 amide bonds. The summed E-state index contributed by atoms with van der Waals surface area (Å²) in [5, 5.41) is 10.5. The molecule has 0 saturated carbocycles. The number of nitro benzene ring substituents is 1. The summed E-state index contributed by atoms with van der Waals surface area (Å²) in [4.78, 5) is 23.1. The van der Waals surface area contributed by atoms with E-state index >= 15 is 0 Å². The van der Waals surface area contributed by atoms with Crippen molar-refractivity contribution in [2.45, 2.75) is 30.9 Å². The van der Waals surface area contributed by atoms with Gasteiger partial charge in [0.05, 0.1) is 16.0 Å². The highest BCUT2D eigenvalue weighted by molar-refractivity contribution is 9.10. The number of aryl methyl sites for hydroxylation is 1. The molecule has 2 rings (SSSR count). The summed E-state index contributed by atoms with van der Waals surface area (Å²) in [5.74, 6) is 0.777. The van der Waals surface area contributed by atoms with Crippen LogP contribution in [0.15, 0.2) is 45.8 Å². The van der Waals surface area contributed by atoms with Crippen molar-refractivity contribution in [3.8, 4) is 11.5 Å². The minimum Gasteiger partial charge on any atom is -0.465 e. The average Bonchev–Trinajstić information content (AvgIpc) is 2.59. The minimum absolute atomic E-state index is 0.0207. The van der Waals surface area contributed by atoms with E-state index < -0.39 is 4.92 Å². The lowest BCUT2D eigenvalue weighted by Gasteiger charge is -2.14. The summed E-state index contributed by atoms with van der Waals surface area (Å²) < 4.78 is 11.4. The molecule has 2 aromatic rings. The molecule has 1 unspecified atom stereocenters. The number of nitrogens with zero attached hydrogens (tertiary/aromatic N) is 1. The third-order valence-electron chi connectivity index (χ3n) is 3.44. The predicted octanol–water partition coefficient (Wildman–Crippen LogP) is 5.50. The number of hydrogen-bond acceptors (Lipinski definition) is 6. The van der Waals surface area contributed by atoms with E-state index in [1.807, 2.05) is 25.1 Å². The monoisotopic (exact) mass is 439 g/mol. The molecule has 0 aliphatic carbocycles. The fourth-order valence-electron chi connectivity index (χ4n) is 2.08. The second-order valence-electron chi connectivity index (χ2n) is 5.41. The van der Waals surface area contributed by atoms with Crippen molar-refractivity contribution in [2.75, 3.05) is 6.61 Å². The number of nitro groups is 1. The van der Waals surface area contributed by atoms with E-state index in [9.17, 15) is 14.9 Å². The van der Waals surface area contributed by atoms with Crippen LogP contribution in [0.3, 0.4) is 0 Å². The number of ether oxygens (including phenoxy) is 2. The molecule has 2 aromatic carbocycles. The number of rotatable bonds is 7. The third kappa shape index (κ3) is 5.22. The third-order valence-corrected chi connectivity index (χ3v) is 5.30. The molecule has 0 saturated heterocycles. The van der Waals surface area contributed by atoms with Crippen LogP contribution in [0, 0.1) is 17.0 Å². The van der Waals surface area contributed by atoms with E-state index in [2.05, 4.69) is 15.9 Å². The molecule has 0 aliphatic rings. The van der Waals surface area contributed by atoms with Gasteiger partial charge in [-0.15, -0.1) is 11.8 Å². The van der Waals surface area contributed by atoms with Crippen molar-refractivity contribution in [3.05, 3.63) is 56.5 Å². The minimum atomic E-state index is -0.466. The summed E-state index contributed by atoms with van der Waals surface area (Å²) in [6.07, 6.45) is 0. The van der Waals surface area contributed by atoms with Gasteiger partial charge < -0.3 is 9.47 Å². The van der Waals surface area contributed by atoms with Crippen molar-refractivity contribution in [2.24, 2.45) is 0 Å². The summed E-state index contributed by atoms with van der Waals surface area (Å²) in [6.45, 7) is 5.87. The summed E-state index contributed by atoms with van der Waals surface area (Å²) >= 11 is 4.68. The van der Waals surface area contributed by atoms with Crippen molar-refractivity contribution < 1.29 is 19.2 Å². The molecular weight excluding hydrogens is 422 g/mol. The number of carbonyl (C=O) groups is 1. The van der Waals surface area contributed by atoms with Gasteiger partial charge >= 0.3 is 5.97 Å². The molecule has 0 heterocycles. The Hall–Kier alpha value is -2.06. The lowest BCUT2D eigenvalue weighted by Crippen LogP contribution is -2.16. The van der Waals surface area contributed by atoms with Crippen molar-refractivity contribution in [3.63, 3.8) is 0 Å². The Bertz CT molecular complexity index is 827. The normalized spacial score (nSPS) is 11.7. The first-order valence-corrected chi connectivity index (χ1v) is 9.54. The Morgan fingerprint density at radius 2 is 2.04 bits per heavy atom. The number of non-ortho nitro benzene ring substituents is 1. The van der Waals surface area contributed by atoms with Gasteiger partial charge in [0.2, 0.25) is 0 Å². The maximum Gasteiger partial charge on any atom is 0.319 e. The van der Waals surface area contributed by atoms with Crippen LogP contribution in [0.5, 0.6) is 11.5 Å². The number of esters is 1. The Kier molecular flexibility index (Phi) is 7.05.